The molecule has 2 rings (SSSR count). The lowest BCUT2D eigenvalue weighted by atomic mass is 10.0. The minimum absolute atomic E-state index is 0.0762. The summed E-state index contributed by atoms with van der Waals surface area (Å²) in [6, 6.07) is 3.37. The van der Waals surface area contributed by atoms with Crippen LogP contribution in [0.15, 0.2) is 16.6 Å². The third kappa shape index (κ3) is 2.70. The van der Waals surface area contributed by atoms with Crippen molar-refractivity contribution < 1.29 is 24.5 Å². The molecule has 1 atom stereocenters. The fourth-order valence-corrected chi connectivity index (χ4v) is 2.18. The van der Waals surface area contributed by atoms with Crippen molar-refractivity contribution in [3.8, 4) is 11.5 Å². The molecule has 0 fully saturated rings. The molecular weight excluding hydrogens is 292 g/mol. The molecule has 1 unspecified atom stereocenters. The lowest BCUT2D eigenvalue weighted by molar-refractivity contribution is -0.137. The van der Waals surface area contributed by atoms with E-state index >= 15 is 0 Å². The maximum atomic E-state index is 10.4. The zero-order valence-corrected chi connectivity index (χ0v) is 10.4. The summed E-state index contributed by atoms with van der Waals surface area (Å²) in [5.41, 5.74) is 0.613. The van der Waals surface area contributed by atoms with Gasteiger partial charge >= 0.3 is 5.97 Å². The van der Waals surface area contributed by atoms with E-state index in [1.807, 2.05) is 0 Å². The molecule has 1 aromatic carbocycles. The Labute approximate surface area is 106 Å². The summed E-state index contributed by atoms with van der Waals surface area (Å²) in [6.07, 6.45) is -0.730. The van der Waals surface area contributed by atoms with Crippen LogP contribution >= 0.6 is 15.9 Å². The van der Waals surface area contributed by atoms with Gasteiger partial charge in [0.1, 0.15) is 0 Å². The van der Waals surface area contributed by atoms with Gasteiger partial charge in [-0.25, -0.2) is 0 Å². The lowest BCUT2D eigenvalue weighted by Crippen LogP contribution is -2.02. The van der Waals surface area contributed by atoms with E-state index in [2.05, 4.69) is 15.9 Å². The third-order valence-electron chi connectivity index (χ3n) is 2.47. The van der Waals surface area contributed by atoms with Gasteiger partial charge in [0.05, 0.1) is 10.6 Å². The van der Waals surface area contributed by atoms with Gasteiger partial charge in [0.15, 0.2) is 11.5 Å². The van der Waals surface area contributed by atoms with Crippen LogP contribution in [0.2, 0.25) is 0 Å². The van der Waals surface area contributed by atoms with Gasteiger partial charge in [0.25, 0.3) is 0 Å². The molecular formula is C11H11BrO5. The maximum Gasteiger partial charge on any atom is 0.303 e. The Balaban J connectivity index is 2.16. The first kappa shape index (κ1) is 12.2. The molecule has 1 heterocycles. The van der Waals surface area contributed by atoms with Gasteiger partial charge in [-0.05, 0) is 40.0 Å². The Hall–Kier alpha value is -1.27. The summed E-state index contributed by atoms with van der Waals surface area (Å²) in [5, 5.41) is 18.4. The van der Waals surface area contributed by atoms with Crippen LogP contribution in [0, 0.1) is 0 Å². The highest BCUT2D eigenvalue weighted by Crippen LogP contribution is 2.41. The second-order valence-corrected chi connectivity index (χ2v) is 4.54. The monoisotopic (exact) mass is 302 g/mol. The summed E-state index contributed by atoms with van der Waals surface area (Å²) in [4.78, 5) is 10.4. The van der Waals surface area contributed by atoms with Crippen molar-refractivity contribution >= 4 is 21.9 Å². The zero-order chi connectivity index (χ0) is 12.4. The molecule has 6 heteroatoms. The maximum absolute atomic E-state index is 10.4. The Bertz CT molecular complexity index is 446. The molecule has 0 bridgehead atoms. The highest BCUT2D eigenvalue weighted by Gasteiger charge is 2.20. The Morgan fingerprint density at radius 1 is 1.47 bits per heavy atom. The lowest BCUT2D eigenvalue weighted by Gasteiger charge is -2.11. The van der Waals surface area contributed by atoms with Crippen LogP contribution in [-0.2, 0) is 4.79 Å². The summed E-state index contributed by atoms with van der Waals surface area (Å²) >= 11 is 3.31. The van der Waals surface area contributed by atoms with Crippen LogP contribution < -0.4 is 9.47 Å². The van der Waals surface area contributed by atoms with E-state index in [9.17, 15) is 9.90 Å². The summed E-state index contributed by atoms with van der Waals surface area (Å²) in [6.45, 7) is 0.155. The van der Waals surface area contributed by atoms with Gasteiger partial charge in [-0.15, -0.1) is 0 Å². The zero-order valence-electron chi connectivity index (χ0n) is 8.85. The number of aliphatic hydroxyl groups is 1. The number of aliphatic hydroxyl groups excluding tert-OH is 1. The number of carboxylic acids is 1. The molecule has 0 aromatic heterocycles. The molecule has 0 radical (unpaired) electrons. The average Bonchev–Trinajstić information content (AvgIpc) is 2.74. The predicted molar refractivity (Wildman–Crippen MR) is 62.1 cm³/mol. The number of aliphatic carboxylic acids is 1. The predicted octanol–water partition coefficient (Wildman–Crippen LogP) is 2.08. The number of carbonyl (C=O) groups is 1. The van der Waals surface area contributed by atoms with Gasteiger partial charge < -0.3 is 19.7 Å². The largest absolute Gasteiger partial charge is 0.481 e. The molecule has 1 aliphatic rings. The minimum Gasteiger partial charge on any atom is -0.481 e. The van der Waals surface area contributed by atoms with Crippen molar-refractivity contribution in [1.29, 1.82) is 0 Å². The first-order valence-corrected chi connectivity index (χ1v) is 5.86. The molecule has 0 amide bonds. The van der Waals surface area contributed by atoms with E-state index in [0.29, 0.717) is 21.5 Å². The molecule has 17 heavy (non-hydrogen) atoms. The average molecular weight is 303 g/mol. The number of fused-ring (bicyclic) bond motifs is 1. The Kier molecular flexibility index (Phi) is 3.54. The smallest absolute Gasteiger partial charge is 0.303 e. The molecule has 5 nitrogen and oxygen atoms in total. The van der Waals surface area contributed by atoms with Crippen LogP contribution in [0.4, 0.5) is 0 Å². The van der Waals surface area contributed by atoms with E-state index in [1.165, 1.54) is 0 Å². The third-order valence-corrected chi connectivity index (χ3v) is 3.06. The second kappa shape index (κ2) is 4.93. The fraction of sp³-hybridized carbons (Fsp3) is 0.364. The van der Waals surface area contributed by atoms with Crippen LogP contribution in [-0.4, -0.2) is 23.0 Å². The summed E-state index contributed by atoms with van der Waals surface area (Å²) in [5.74, 6) is 0.242. The van der Waals surface area contributed by atoms with E-state index in [1.54, 1.807) is 12.1 Å². The van der Waals surface area contributed by atoms with Crippen LogP contribution in [0.5, 0.6) is 11.5 Å². The molecule has 0 saturated heterocycles. The molecule has 2 N–H and O–H groups in total. The van der Waals surface area contributed by atoms with E-state index in [0.717, 1.165) is 0 Å². The number of rotatable bonds is 4. The van der Waals surface area contributed by atoms with Crippen molar-refractivity contribution in [1.82, 2.24) is 0 Å². The molecule has 0 spiro atoms. The van der Waals surface area contributed by atoms with Gasteiger partial charge in [-0.3, -0.25) is 4.79 Å². The van der Waals surface area contributed by atoms with E-state index in [-0.39, 0.29) is 19.6 Å². The van der Waals surface area contributed by atoms with Gasteiger partial charge in [0.2, 0.25) is 6.79 Å². The number of benzene rings is 1. The number of hydrogen-bond donors (Lipinski definition) is 2. The fourth-order valence-electron chi connectivity index (χ4n) is 1.61. The standard InChI is InChI=1S/C11H11BrO5/c12-7-3-6(8(13)1-2-10(14)15)4-9-11(7)17-5-16-9/h3-4,8,13H,1-2,5H2,(H,14,15). The second-order valence-electron chi connectivity index (χ2n) is 3.68. The molecule has 0 aliphatic carbocycles. The Morgan fingerprint density at radius 3 is 2.94 bits per heavy atom. The number of carboxylic acid groups (broad SMARTS) is 1. The highest BCUT2D eigenvalue weighted by molar-refractivity contribution is 9.10. The van der Waals surface area contributed by atoms with Gasteiger partial charge in [-0.1, -0.05) is 0 Å². The van der Waals surface area contributed by atoms with Crippen LogP contribution in [0.25, 0.3) is 0 Å². The number of halogens is 1. The van der Waals surface area contributed by atoms with Gasteiger partial charge in [-0.2, -0.15) is 0 Å². The van der Waals surface area contributed by atoms with Crippen molar-refractivity contribution in [2.45, 2.75) is 18.9 Å². The van der Waals surface area contributed by atoms with E-state index in [4.69, 9.17) is 14.6 Å². The first-order valence-electron chi connectivity index (χ1n) is 5.07. The molecule has 1 aliphatic heterocycles. The van der Waals surface area contributed by atoms with Crippen LogP contribution in [0.3, 0.4) is 0 Å². The topological polar surface area (TPSA) is 76.0 Å². The minimum atomic E-state index is -0.927. The van der Waals surface area contributed by atoms with Crippen molar-refractivity contribution in [2.75, 3.05) is 6.79 Å². The number of ether oxygens (including phenoxy) is 2. The molecule has 0 saturated carbocycles. The number of hydrogen-bond acceptors (Lipinski definition) is 4. The SMILES string of the molecule is O=C(O)CCC(O)c1cc(Br)c2c(c1)OCO2. The van der Waals surface area contributed by atoms with Crippen molar-refractivity contribution in [3.63, 3.8) is 0 Å². The quantitative estimate of drug-likeness (QED) is 0.890. The van der Waals surface area contributed by atoms with Crippen molar-refractivity contribution in [3.05, 3.63) is 22.2 Å². The molecule has 1 aromatic rings. The highest BCUT2D eigenvalue weighted by atomic mass is 79.9. The first-order chi connectivity index (χ1) is 8.08. The summed E-state index contributed by atoms with van der Waals surface area (Å²) in [7, 11) is 0. The Morgan fingerprint density at radius 2 is 2.24 bits per heavy atom. The normalized spacial score (nSPS) is 14.7. The van der Waals surface area contributed by atoms with Crippen molar-refractivity contribution in [2.24, 2.45) is 0 Å². The summed E-state index contributed by atoms with van der Waals surface area (Å²) < 4.78 is 11.1. The van der Waals surface area contributed by atoms with Crippen LogP contribution in [0.1, 0.15) is 24.5 Å². The van der Waals surface area contributed by atoms with Gasteiger partial charge in [0, 0.05) is 6.42 Å². The van der Waals surface area contributed by atoms with E-state index < -0.39 is 12.1 Å². The molecule has 92 valence electrons.